The molecule has 6 aromatic rings. The average molecular weight is 865 g/mol. The van der Waals surface area contributed by atoms with Crippen LogP contribution in [0.2, 0.25) is 0 Å². The zero-order chi connectivity index (χ0) is 42.5. The van der Waals surface area contributed by atoms with Crippen LogP contribution in [0.1, 0.15) is 76.0 Å². The Labute approximate surface area is 355 Å². The van der Waals surface area contributed by atoms with Gasteiger partial charge in [0.2, 0.25) is 0 Å². The molecule has 6 N–H and O–H groups in total. The molecule has 7 rings (SSSR count). The molecule has 0 aliphatic carbocycles. The fourth-order valence-electron chi connectivity index (χ4n) is 5.96. The number of hydrogen-bond acceptors (Lipinski definition) is 12. The van der Waals surface area contributed by atoms with E-state index in [1.54, 1.807) is 77.4 Å². The van der Waals surface area contributed by atoms with Gasteiger partial charge in [-0.25, -0.2) is 0 Å². The van der Waals surface area contributed by atoms with Gasteiger partial charge in [0.05, 0.1) is 0 Å². The van der Waals surface area contributed by atoms with E-state index < -0.39 is 16.0 Å². The minimum atomic E-state index is -5.43. The summed E-state index contributed by atoms with van der Waals surface area (Å²) < 4.78 is 37.3. The Balaban J connectivity index is 1.52. The predicted octanol–water partition coefficient (Wildman–Crippen LogP) is 13.4. The van der Waals surface area contributed by atoms with Gasteiger partial charge >= 0.3 is 356 Å². The Morgan fingerprint density at radius 1 is 0.450 bits per heavy atom. The third-order valence-electron chi connectivity index (χ3n) is 9.47. The van der Waals surface area contributed by atoms with Gasteiger partial charge in [-0.3, -0.25) is 0 Å². The Kier molecular flexibility index (Phi) is 12.7. The molecular weight excluding hydrogens is 813 g/mol. The molecular formula is C45H51N6O6P3. The van der Waals surface area contributed by atoms with Crippen LogP contribution in [-0.2, 0) is 0 Å². The summed E-state index contributed by atoms with van der Waals surface area (Å²) in [4.78, 5) is 13.6. The van der Waals surface area contributed by atoms with Gasteiger partial charge in [-0.1, -0.05) is 0 Å². The molecule has 0 amide bonds. The first kappa shape index (κ1) is 42.5. The van der Waals surface area contributed by atoms with Crippen molar-refractivity contribution in [3.05, 3.63) is 162 Å². The van der Waals surface area contributed by atoms with Crippen LogP contribution >= 0.6 is 24.6 Å². The van der Waals surface area contributed by atoms with Gasteiger partial charge in [-0.2, -0.15) is 0 Å². The quantitative estimate of drug-likeness (QED) is 0.0668. The molecule has 1 atom stereocenters. The van der Waals surface area contributed by atoms with E-state index in [1.165, 1.54) is 4.60 Å². The number of nitrogen functional groups attached to an aromatic ring is 3. The molecule has 6 aromatic carbocycles. The van der Waals surface area contributed by atoms with Gasteiger partial charge in [-0.05, 0) is 0 Å². The number of hydrogen-bond donors (Lipinski definition) is 3. The molecule has 0 fully saturated rings. The second-order valence-electron chi connectivity index (χ2n) is 15.2. The average Bonchev–Trinajstić information content (AvgIpc) is 3.23. The van der Waals surface area contributed by atoms with Gasteiger partial charge in [0, 0.05) is 0 Å². The molecule has 1 aliphatic heterocycles. The van der Waals surface area contributed by atoms with E-state index in [4.69, 9.17) is 49.5 Å². The molecule has 15 heteroatoms. The first-order chi connectivity index (χ1) is 28.8. The van der Waals surface area contributed by atoms with Crippen LogP contribution in [0, 0.1) is 0 Å². The van der Waals surface area contributed by atoms with E-state index in [9.17, 15) is 0 Å². The van der Waals surface area contributed by atoms with Crippen LogP contribution in [0.25, 0.3) is 0 Å². The molecule has 0 spiro atoms. The van der Waals surface area contributed by atoms with Crippen LogP contribution in [-0.4, -0.2) is 9.21 Å². The number of nitrogens with zero attached hydrogens (tertiary/aromatic N) is 3. The molecule has 0 radical (unpaired) electrons. The summed E-state index contributed by atoms with van der Waals surface area (Å²) in [5.74, 6) is 3.33. The van der Waals surface area contributed by atoms with Gasteiger partial charge in [0.15, 0.2) is 0 Å². The number of rotatable bonds is 15. The summed E-state index contributed by atoms with van der Waals surface area (Å²) in [5.41, 5.74) is 23.4. The van der Waals surface area contributed by atoms with Crippen molar-refractivity contribution in [3.63, 3.8) is 0 Å². The third-order valence-corrected chi connectivity index (χ3v) is 16.6. The summed E-state index contributed by atoms with van der Waals surface area (Å²) in [5, 5.41) is 0. The van der Waals surface area contributed by atoms with Crippen LogP contribution in [0.3, 0.4) is 0 Å². The molecule has 1 unspecified atom stereocenters. The van der Waals surface area contributed by atoms with Crippen molar-refractivity contribution in [3.8, 4) is 34.5 Å². The van der Waals surface area contributed by atoms with E-state index in [-0.39, 0.29) is 26.3 Å². The van der Waals surface area contributed by atoms with E-state index in [0.717, 1.165) is 16.7 Å². The maximum atomic E-state index is 7.34. The predicted molar refractivity (Wildman–Crippen MR) is 245 cm³/mol. The second-order valence-corrected chi connectivity index (χ2v) is 21.0. The maximum absolute atomic E-state index is 7.34. The number of anilines is 3. The molecule has 1 aliphatic rings. The van der Waals surface area contributed by atoms with Crippen molar-refractivity contribution in [1.82, 2.24) is 9.21 Å². The molecule has 0 bridgehead atoms. The zero-order valence-electron chi connectivity index (χ0n) is 34.5. The molecule has 0 saturated heterocycles. The van der Waals surface area contributed by atoms with Crippen LogP contribution in [0.15, 0.2) is 150 Å². The second kappa shape index (κ2) is 17.9. The van der Waals surface area contributed by atoms with E-state index in [1.807, 2.05) is 72.8 Å². The summed E-state index contributed by atoms with van der Waals surface area (Å²) in [6, 6.07) is 44.4. The minimum absolute atomic E-state index is 0.198. The first-order valence-corrected chi connectivity index (χ1v) is 23.5. The molecule has 312 valence electrons. The standard InChI is InChI=1S/C45H51N6O6P3/c1-31(2)34-7-19-43(20-8-34)55-60(56-44-21-9-35(10-22-44)32(3)4,57-45-23-11-36(12-24-45)33(5)6)49-58-50(52-40-25-13-37(46)14-26-40)59(54-42-29-17-39(48)18-30-42)51(60)53-41-27-15-38(47)16-28-41/h7-33H,46-48H2,1-6H3. The van der Waals surface area contributed by atoms with Gasteiger partial charge in [0.1, 0.15) is 0 Å². The van der Waals surface area contributed by atoms with Crippen molar-refractivity contribution in [2.24, 2.45) is 4.52 Å². The summed E-state index contributed by atoms with van der Waals surface area (Å²) in [6.07, 6.45) is 0. The Morgan fingerprint density at radius 3 is 1.12 bits per heavy atom. The monoisotopic (exact) mass is 864 g/mol. The van der Waals surface area contributed by atoms with Crippen LogP contribution in [0.5, 0.6) is 34.5 Å². The SMILES string of the molecule is CC(C)c1ccc(OP2(Oc3ccc(C(C)C)cc3)(Oc3ccc(C(C)C)cc3)N=PN(Oc3ccc(N)cc3)P(Oc3ccc(N)cc3)N2Oc2ccc(N)cc2)cc1. The van der Waals surface area contributed by atoms with Crippen LogP contribution in [0.4, 0.5) is 17.1 Å². The van der Waals surface area contributed by atoms with E-state index in [0.29, 0.717) is 51.6 Å². The number of nitrogens with two attached hydrogens (primary N) is 3. The first-order valence-electron chi connectivity index (χ1n) is 19.6. The fourth-order valence-corrected chi connectivity index (χ4v) is 13.6. The summed E-state index contributed by atoms with van der Waals surface area (Å²) >= 11 is 0. The van der Waals surface area contributed by atoms with Crippen molar-refractivity contribution >= 4 is 41.6 Å². The Morgan fingerprint density at radius 2 is 0.767 bits per heavy atom. The molecule has 12 nitrogen and oxygen atoms in total. The molecule has 1 heterocycles. The summed E-state index contributed by atoms with van der Waals surface area (Å²) in [7, 11) is -7.55. The van der Waals surface area contributed by atoms with Gasteiger partial charge in [-0.15, -0.1) is 0 Å². The zero-order valence-corrected chi connectivity index (χ0v) is 37.1. The normalized spacial score (nSPS) is 17.1. The molecule has 60 heavy (non-hydrogen) atoms. The van der Waals surface area contributed by atoms with E-state index >= 15 is 0 Å². The van der Waals surface area contributed by atoms with Gasteiger partial charge < -0.3 is 0 Å². The van der Waals surface area contributed by atoms with Crippen molar-refractivity contribution < 1.29 is 27.8 Å². The number of benzene rings is 6. The Bertz CT molecular complexity index is 2230. The van der Waals surface area contributed by atoms with Crippen molar-refractivity contribution in [2.45, 2.75) is 59.3 Å². The topological polar surface area (TPSA) is 152 Å². The summed E-state index contributed by atoms with van der Waals surface area (Å²) in [6.45, 7) is 12.8. The molecule has 0 saturated carbocycles. The van der Waals surface area contributed by atoms with Gasteiger partial charge in [0.25, 0.3) is 0 Å². The van der Waals surface area contributed by atoms with Crippen LogP contribution < -0.4 is 45.0 Å². The molecule has 0 aromatic heterocycles. The van der Waals surface area contributed by atoms with Crippen molar-refractivity contribution in [1.29, 1.82) is 0 Å². The van der Waals surface area contributed by atoms with E-state index in [2.05, 4.69) is 41.5 Å². The van der Waals surface area contributed by atoms with Crippen molar-refractivity contribution in [2.75, 3.05) is 17.2 Å². The Hall–Kier alpha value is -5.60. The fraction of sp³-hybridized carbons (Fsp3) is 0.200. The third kappa shape index (κ3) is 9.71.